The molecule has 18 heavy (non-hydrogen) atoms. The molecule has 0 saturated heterocycles. The van der Waals surface area contributed by atoms with Crippen LogP contribution in [0, 0.1) is 5.82 Å². The second-order valence-corrected chi connectivity index (χ2v) is 4.06. The molecule has 0 spiro atoms. The van der Waals surface area contributed by atoms with Crippen LogP contribution >= 0.6 is 12.2 Å². The molecule has 2 aromatic rings. The van der Waals surface area contributed by atoms with Crippen LogP contribution in [0.15, 0.2) is 42.6 Å². The van der Waals surface area contributed by atoms with E-state index in [1.165, 1.54) is 12.1 Å². The summed E-state index contributed by atoms with van der Waals surface area (Å²) in [6.45, 7) is 0.240. The Bertz CT molecular complexity index is 574. The normalized spacial score (nSPS) is 10.1. The fourth-order valence-electron chi connectivity index (χ4n) is 1.49. The van der Waals surface area contributed by atoms with Gasteiger partial charge in [0.05, 0.1) is 0 Å². The predicted molar refractivity (Wildman–Crippen MR) is 70.9 cm³/mol. The minimum Gasteiger partial charge on any atom is -0.489 e. The quantitative estimate of drug-likeness (QED) is 0.860. The number of nitrogens with two attached hydrogens (primary N) is 1. The largest absolute Gasteiger partial charge is 0.489 e. The van der Waals surface area contributed by atoms with Gasteiger partial charge in [-0.3, -0.25) is 4.98 Å². The third kappa shape index (κ3) is 3.01. The monoisotopic (exact) mass is 262 g/mol. The average molecular weight is 262 g/mol. The predicted octanol–water partition coefficient (Wildman–Crippen LogP) is 2.43. The van der Waals surface area contributed by atoms with Crippen LogP contribution in [0.1, 0.15) is 11.3 Å². The van der Waals surface area contributed by atoms with Gasteiger partial charge in [0, 0.05) is 17.8 Å². The molecule has 0 fully saturated rings. The second kappa shape index (κ2) is 5.55. The Morgan fingerprint density at radius 2 is 2.17 bits per heavy atom. The Balaban J connectivity index is 2.13. The first-order valence-electron chi connectivity index (χ1n) is 5.29. The summed E-state index contributed by atoms with van der Waals surface area (Å²) in [5, 5.41) is 0. The zero-order chi connectivity index (χ0) is 13.0. The molecule has 0 atom stereocenters. The van der Waals surface area contributed by atoms with Crippen molar-refractivity contribution in [2.45, 2.75) is 6.61 Å². The van der Waals surface area contributed by atoms with Gasteiger partial charge in [0.25, 0.3) is 0 Å². The summed E-state index contributed by atoms with van der Waals surface area (Å²) in [5.74, 6) is 0.112. The topological polar surface area (TPSA) is 48.1 Å². The van der Waals surface area contributed by atoms with Crippen LogP contribution in [0.25, 0.3) is 0 Å². The highest BCUT2D eigenvalue weighted by Crippen LogP contribution is 2.15. The molecule has 5 heteroatoms. The van der Waals surface area contributed by atoms with Crippen LogP contribution < -0.4 is 10.5 Å². The van der Waals surface area contributed by atoms with Gasteiger partial charge in [0.1, 0.15) is 28.9 Å². The van der Waals surface area contributed by atoms with Gasteiger partial charge in [0.15, 0.2) is 0 Å². The molecule has 0 aliphatic heterocycles. The Morgan fingerprint density at radius 1 is 1.33 bits per heavy atom. The fraction of sp³-hybridized carbons (Fsp3) is 0.0769. The minimum absolute atomic E-state index is 0.216. The standard InChI is InChI=1S/C13H11FN2OS/c14-10-4-1-5-11(7-10)17-8-9-3-2-6-16-12(9)13(15)18/h1-7H,8H2,(H2,15,18). The lowest BCUT2D eigenvalue weighted by molar-refractivity contribution is 0.304. The smallest absolute Gasteiger partial charge is 0.126 e. The zero-order valence-corrected chi connectivity index (χ0v) is 10.3. The molecular weight excluding hydrogens is 251 g/mol. The molecule has 0 aliphatic carbocycles. The van der Waals surface area contributed by atoms with Crippen LogP contribution in [-0.2, 0) is 6.61 Å². The van der Waals surface area contributed by atoms with Crippen molar-refractivity contribution in [3.63, 3.8) is 0 Å². The summed E-state index contributed by atoms with van der Waals surface area (Å²) >= 11 is 4.90. The SMILES string of the molecule is NC(=S)c1ncccc1COc1cccc(F)c1. The van der Waals surface area contributed by atoms with Gasteiger partial charge in [0.2, 0.25) is 0 Å². The van der Waals surface area contributed by atoms with Crippen LogP contribution in [0.5, 0.6) is 5.75 Å². The number of pyridine rings is 1. The van der Waals surface area contributed by atoms with Crippen LogP contribution in [0.4, 0.5) is 4.39 Å². The van der Waals surface area contributed by atoms with Gasteiger partial charge >= 0.3 is 0 Å². The molecule has 0 saturated carbocycles. The second-order valence-electron chi connectivity index (χ2n) is 3.62. The zero-order valence-electron chi connectivity index (χ0n) is 9.47. The number of hydrogen-bond donors (Lipinski definition) is 1. The lowest BCUT2D eigenvalue weighted by Crippen LogP contribution is -2.15. The molecule has 0 bridgehead atoms. The molecule has 0 unspecified atom stereocenters. The average Bonchev–Trinajstić information content (AvgIpc) is 2.37. The highest BCUT2D eigenvalue weighted by Gasteiger charge is 2.06. The first-order valence-corrected chi connectivity index (χ1v) is 5.69. The number of ether oxygens (including phenoxy) is 1. The van der Waals surface area contributed by atoms with E-state index in [0.29, 0.717) is 11.4 Å². The van der Waals surface area contributed by atoms with Crippen molar-refractivity contribution in [3.8, 4) is 5.75 Å². The van der Waals surface area contributed by atoms with Crippen LogP contribution in [0.2, 0.25) is 0 Å². The number of aromatic nitrogens is 1. The Kier molecular flexibility index (Phi) is 3.84. The highest BCUT2D eigenvalue weighted by molar-refractivity contribution is 7.80. The maximum absolute atomic E-state index is 13.0. The summed E-state index contributed by atoms with van der Waals surface area (Å²) in [6, 6.07) is 9.53. The van der Waals surface area contributed by atoms with Gasteiger partial charge in [-0.1, -0.05) is 24.4 Å². The van der Waals surface area contributed by atoms with Crippen molar-refractivity contribution >= 4 is 17.2 Å². The van der Waals surface area contributed by atoms with Crippen molar-refractivity contribution < 1.29 is 9.13 Å². The van der Waals surface area contributed by atoms with E-state index in [4.69, 9.17) is 22.7 Å². The first-order chi connectivity index (χ1) is 8.66. The molecule has 1 heterocycles. The summed E-state index contributed by atoms with van der Waals surface area (Å²) in [6.07, 6.45) is 1.61. The number of nitrogens with zero attached hydrogens (tertiary/aromatic N) is 1. The van der Waals surface area contributed by atoms with E-state index in [-0.39, 0.29) is 17.4 Å². The minimum atomic E-state index is -0.340. The lowest BCUT2D eigenvalue weighted by Gasteiger charge is -2.09. The maximum atomic E-state index is 13.0. The summed E-state index contributed by atoms with van der Waals surface area (Å²) < 4.78 is 18.4. The van der Waals surface area contributed by atoms with E-state index in [1.54, 1.807) is 24.4 Å². The van der Waals surface area contributed by atoms with Crippen LogP contribution in [0.3, 0.4) is 0 Å². The fourth-order valence-corrected chi connectivity index (χ4v) is 1.68. The molecule has 92 valence electrons. The van der Waals surface area contributed by atoms with Crippen LogP contribution in [-0.4, -0.2) is 9.97 Å². The van der Waals surface area contributed by atoms with Gasteiger partial charge in [-0.2, -0.15) is 0 Å². The third-order valence-electron chi connectivity index (χ3n) is 2.32. The van der Waals surface area contributed by atoms with Crippen molar-refractivity contribution in [1.82, 2.24) is 4.98 Å². The molecule has 0 radical (unpaired) electrons. The van der Waals surface area contributed by atoms with E-state index in [2.05, 4.69) is 4.98 Å². The number of halogens is 1. The molecule has 0 amide bonds. The molecule has 2 N–H and O–H groups in total. The number of hydrogen-bond acceptors (Lipinski definition) is 3. The van der Waals surface area contributed by atoms with Gasteiger partial charge in [-0.05, 0) is 18.2 Å². The summed E-state index contributed by atoms with van der Waals surface area (Å²) in [5.41, 5.74) is 6.86. The Morgan fingerprint density at radius 3 is 2.89 bits per heavy atom. The Hall–Kier alpha value is -2.01. The molecule has 0 aliphatic rings. The number of thiocarbonyl (C=S) groups is 1. The van der Waals surface area contributed by atoms with E-state index >= 15 is 0 Å². The van der Waals surface area contributed by atoms with Gasteiger partial charge < -0.3 is 10.5 Å². The van der Waals surface area contributed by atoms with Crippen molar-refractivity contribution in [2.75, 3.05) is 0 Å². The first kappa shape index (κ1) is 12.4. The Labute approximate surface area is 109 Å². The van der Waals surface area contributed by atoms with Gasteiger partial charge in [-0.15, -0.1) is 0 Å². The number of benzene rings is 1. The van der Waals surface area contributed by atoms with Crippen molar-refractivity contribution in [3.05, 3.63) is 59.7 Å². The molecule has 2 rings (SSSR count). The number of rotatable bonds is 4. The van der Waals surface area contributed by atoms with Crippen molar-refractivity contribution in [1.29, 1.82) is 0 Å². The summed E-state index contributed by atoms with van der Waals surface area (Å²) in [7, 11) is 0. The maximum Gasteiger partial charge on any atom is 0.126 e. The molecular formula is C13H11FN2OS. The molecule has 1 aromatic carbocycles. The molecule has 1 aromatic heterocycles. The van der Waals surface area contributed by atoms with E-state index in [1.807, 2.05) is 6.07 Å². The van der Waals surface area contributed by atoms with E-state index in [9.17, 15) is 4.39 Å². The highest BCUT2D eigenvalue weighted by atomic mass is 32.1. The van der Waals surface area contributed by atoms with Crippen molar-refractivity contribution in [2.24, 2.45) is 5.73 Å². The van der Waals surface area contributed by atoms with E-state index in [0.717, 1.165) is 5.56 Å². The van der Waals surface area contributed by atoms with E-state index < -0.39 is 0 Å². The third-order valence-corrected chi connectivity index (χ3v) is 2.51. The summed E-state index contributed by atoms with van der Waals surface area (Å²) in [4.78, 5) is 4.30. The van der Waals surface area contributed by atoms with Gasteiger partial charge in [-0.25, -0.2) is 4.39 Å². The lowest BCUT2D eigenvalue weighted by atomic mass is 10.2. The molecule has 3 nitrogen and oxygen atoms in total.